The largest absolute Gasteiger partial charge is 0.370 e. The van der Waals surface area contributed by atoms with Crippen molar-refractivity contribution in [3.63, 3.8) is 0 Å². The minimum Gasteiger partial charge on any atom is -0.370 e. The number of hydrogen-bond acceptors (Lipinski definition) is 4. The van der Waals surface area contributed by atoms with Gasteiger partial charge in [-0.15, -0.1) is 0 Å². The maximum atomic E-state index is 11.9. The molecule has 0 aromatic carbocycles. The summed E-state index contributed by atoms with van der Waals surface area (Å²) in [5.41, 5.74) is 1.19. The standard InChI is InChI=1S/C11H13N5O/c1-2-12-10-5-8(3-4-13-10)11(17)16-9-6-14-15-7-9/h3-7H,2H2,1H3,(H,12,13)(H,14,15)(H,16,17). The predicted octanol–water partition coefficient (Wildman–Crippen LogP) is 1.49. The first-order valence-corrected chi connectivity index (χ1v) is 5.29. The Bertz CT molecular complexity index is 494. The second kappa shape index (κ2) is 5.11. The van der Waals surface area contributed by atoms with Crippen molar-refractivity contribution in [1.82, 2.24) is 15.2 Å². The summed E-state index contributed by atoms with van der Waals surface area (Å²) < 4.78 is 0. The van der Waals surface area contributed by atoms with Gasteiger partial charge in [-0.2, -0.15) is 5.10 Å². The van der Waals surface area contributed by atoms with E-state index >= 15 is 0 Å². The summed E-state index contributed by atoms with van der Waals surface area (Å²) in [7, 11) is 0. The number of amides is 1. The number of H-pyrrole nitrogens is 1. The topological polar surface area (TPSA) is 82.7 Å². The number of carbonyl (C=O) groups is 1. The summed E-state index contributed by atoms with van der Waals surface area (Å²) in [5, 5.41) is 12.2. The summed E-state index contributed by atoms with van der Waals surface area (Å²) in [6.07, 6.45) is 4.76. The Labute approximate surface area is 98.5 Å². The van der Waals surface area contributed by atoms with E-state index in [-0.39, 0.29) is 5.91 Å². The Morgan fingerprint density at radius 3 is 3.12 bits per heavy atom. The molecule has 0 saturated heterocycles. The molecule has 3 N–H and O–H groups in total. The molecule has 2 aromatic heterocycles. The Balaban J connectivity index is 2.11. The van der Waals surface area contributed by atoms with Gasteiger partial charge in [-0.05, 0) is 19.1 Å². The van der Waals surface area contributed by atoms with Crippen LogP contribution in [0.4, 0.5) is 11.5 Å². The lowest BCUT2D eigenvalue weighted by molar-refractivity contribution is 0.102. The lowest BCUT2D eigenvalue weighted by atomic mass is 10.2. The fourth-order valence-corrected chi connectivity index (χ4v) is 1.37. The molecule has 2 aromatic rings. The van der Waals surface area contributed by atoms with Gasteiger partial charge in [0, 0.05) is 24.5 Å². The van der Waals surface area contributed by atoms with Gasteiger partial charge in [-0.1, -0.05) is 0 Å². The molecule has 1 amide bonds. The highest BCUT2D eigenvalue weighted by Gasteiger charge is 2.07. The van der Waals surface area contributed by atoms with Crippen LogP contribution in [0, 0.1) is 0 Å². The number of carbonyl (C=O) groups excluding carboxylic acids is 1. The number of aromatic amines is 1. The van der Waals surface area contributed by atoms with Crippen LogP contribution in [0.25, 0.3) is 0 Å². The van der Waals surface area contributed by atoms with Gasteiger partial charge in [-0.25, -0.2) is 4.98 Å². The summed E-state index contributed by atoms with van der Waals surface area (Å²) in [6, 6.07) is 3.37. The molecule has 0 aliphatic heterocycles. The first-order valence-electron chi connectivity index (χ1n) is 5.29. The highest BCUT2D eigenvalue weighted by molar-refractivity contribution is 6.04. The normalized spacial score (nSPS) is 9.94. The molecule has 6 heteroatoms. The van der Waals surface area contributed by atoms with Gasteiger partial charge in [0.05, 0.1) is 11.9 Å². The molecule has 2 rings (SSSR count). The number of anilines is 2. The van der Waals surface area contributed by atoms with E-state index in [0.29, 0.717) is 17.1 Å². The van der Waals surface area contributed by atoms with Crippen molar-refractivity contribution in [2.75, 3.05) is 17.2 Å². The summed E-state index contributed by atoms with van der Waals surface area (Å²) in [4.78, 5) is 16.0. The molecular weight excluding hydrogens is 218 g/mol. The molecule has 0 unspecified atom stereocenters. The fraction of sp³-hybridized carbons (Fsp3) is 0.182. The SMILES string of the molecule is CCNc1cc(C(=O)Nc2cn[nH]c2)ccn1. The number of aromatic nitrogens is 3. The average Bonchev–Trinajstić information content (AvgIpc) is 2.83. The van der Waals surface area contributed by atoms with E-state index < -0.39 is 0 Å². The van der Waals surface area contributed by atoms with Gasteiger partial charge in [-0.3, -0.25) is 9.89 Å². The van der Waals surface area contributed by atoms with E-state index in [1.807, 2.05) is 6.92 Å². The lowest BCUT2D eigenvalue weighted by Crippen LogP contribution is -2.12. The molecule has 17 heavy (non-hydrogen) atoms. The van der Waals surface area contributed by atoms with Crippen molar-refractivity contribution in [2.24, 2.45) is 0 Å². The molecule has 0 aliphatic carbocycles. The molecule has 0 aliphatic rings. The van der Waals surface area contributed by atoms with Gasteiger partial charge >= 0.3 is 0 Å². The van der Waals surface area contributed by atoms with Gasteiger partial charge < -0.3 is 10.6 Å². The zero-order chi connectivity index (χ0) is 12.1. The van der Waals surface area contributed by atoms with Crippen LogP contribution in [0.3, 0.4) is 0 Å². The third-order valence-electron chi connectivity index (χ3n) is 2.14. The van der Waals surface area contributed by atoms with E-state index in [1.54, 1.807) is 30.7 Å². The molecule has 88 valence electrons. The van der Waals surface area contributed by atoms with Crippen LogP contribution in [0.2, 0.25) is 0 Å². The van der Waals surface area contributed by atoms with Gasteiger partial charge in [0.15, 0.2) is 0 Å². The molecule has 0 fully saturated rings. The van der Waals surface area contributed by atoms with Crippen molar-refractivity contribution in [2.45, 2.75) is 6.92 Å². The number of hydrogen-bond donors (Lipinski definition) is 3. The second-order valence-corrected chi connectivity index (χ2v) is 3.40. The molecule has 0 atom stereocenters. The third kappa shape index (κ3) is 2.81. The highest BCUT2D eigenvalue weighted by atomic mass is 16.1. The zero-order valence-corrected chi connectivity index (χ0v) is 9.40. The van der Waals surface area contributed by atoms with E-state index in [2.05, 4.69) is 25.8 Å². The Morgan fingerprint density at radius 2 is 2.41 bits per heavy atom. The maximum absolute atomic E-state index is 11.9. The van der Waals surface area contributed by atoms with E-state index in [0.717, 1.165) is 6.54 Å². The smallest absolute Gasteiger partial charge is 0.255 e. The van der Waals surface area contributed by atoms with Crippen molar-refractivity contribution < 1.29 is 4.79 Å². The maximum Gasteiger partial charge on any atom is 0.255 e. The number of nitrogens with zero attached hydrogens (tertiary/aromatic N) is 2. The van der Waals surface area contributed by atoms with Crippen molar-refractivity contribution in [1.29, 1.82) is 0 Å². The monoisotopic (exact) mass is 231 g/mol. The number of nitrogens with one attached hydrogen (secondary N) is 3. The van der Waals surface area contributed by atoms with Crippen molar-refractivity contribution >= 4 is 17.4 Å². The van der Waals surface area contributed by atoms with Crippen LogP contribution in [-0.4, -0.2) is 27.6 Å². The average molecular weight is 231 g/mol. The van der Waals surface area contributed by atoms with E-state index in [4.69, 9.17) is 0 Å². The fourth-order valence-electron chi connectivity index (χ4n) is 1.37. The van der Waals surface area contributed by atoms with Crippen LogP contribution in [-0.2, 0) is 0 Å². The minimum atomic E-state index is -0.187. The molecule has 0 bridgehead atoms. The zero-order valence-electron chi connectivity index (χ0n) is 9.40. The van der Waals surface area contributed by atoms with E-state index in [9.17, 15) is 4.79 Å². The first-order chi connectivity index (χ1) is 8.29. The molecule has 2 heterocycles. The Kier molecular flexibility index (Phi) is 3.34. The van der Waals surface area contributed by atoms with E-state index in [1.165, 1.54) is 0 Å². The molecular formula is C11H13N5O. The van der Waals surface area contributed by atoms with Crippen molar-refractivity contribution in [3.8, 4) is 0 Å². The van der Waals surface area contributed by atoms with Crippen LogP contribution in [0.1, 0.15) is 17.3 Å². The highest BCUT2D eigenvalue weighted by Crippen LogP contribution is 2.09. The van der Waals surface area contributed by atoms with Crippen molar-refractivity contribution in [3.05, 3.63) is 36.3 Å². The molecule has 0 radical (unpaired) electrons. The number of pyridine rings is 1. The summed E-state index contributed by atoms with van der Waals surface area (Å²) in [6.45, 7) is 2.74. The third-order valence-corrected chi connectivity index (χ3v) is 2.14. The molecule has 6 nitrogen and oxygen atoms in total. The number of rotatable bonds is 4. The lowest BCUT2D eigenvalue weighted by Gasteiger charge is -2.05. The van der Waals surface area contributed by atoms with Gasteiger partial charge in [0.25, 0.3) is 5.91 Å². The van der Waals surface area contributed by atoms with Crippen LogP contribution in [0.15, 0.2) is 30.7 Å². The Hall–Kier alpha value is -2.37. The molecule has 0 spiro atoms. The van der Waals surface area contributed by atoms with Crippen LogP contribution in [0.5, 0.6) is 0 Å². The van der Waals surface area contributed by atoms with Gasteiger partial charge in [0.2, 0.25) is 0 Å². The predicted molar refractivity (Wildman–Crippen MR) is 64.9 cm³/mol. The van der Waals surface area contributed by atoms with Crippen LogP contribution >= 0.6 is 0 Å². The summed E-state index contributed by atoms with van der Waals surface area (Å²) in [5.74, 6) is 0.500. The quantitative estimate of drug-likeness (QED) is 0.744. The molecule has 0 saturated carbocycles. The summed E-state index contributed by atoms with van der Waals surface area (Å²) >= 11 is 0. The minimum absolute atomic E-state index is 0.187. The van der Waals surface area contributed by atoms with Crippen LogP contribution < -0.4 is 10.6 Å². The first kappa shape index (κ1) is 11.1. The Morgan fingerprint density at radius 1 is 1.53 bits per heavy atom. The second-order valence-electron chi connectivity index (χ2n) is 3.40. The van der Waals surface area contributed by atoms with Gasteiger partial charge in [0.1, 0.15) is 5.82 Å².